The molecule has 0 radical (unpaired) electrons. The molecule has 1 atom stereocenters. The zero-order chi connectivity index (χ0) is 10.9. The monoisotopic (exact) mass is 198 g/mol. The Morgan fingerprint density at radius 2 is 1.77 bits per heavy atom. The number of hydrogen-bond acceptors (Lipinski definition) is 1. The van der Waals surface area contributed by atoms with Gasteiger partial charge in [-0.25, -0.2) is 0 Å². The highest BCUT2D eigenvalue weighted by atomic mass is 19.4. The average molecular weight is 198 g/mol. The van der Waals surface area contributed by atoms with Crippen molar-refractivity contribution in [3.05, 3.63) is 0 Å². The van der Waals surface area contributed by atoms with Crippen LogP contribution in [-0.4, -0.2) is 17.3 Å². The summed E-state index contributed by atoms with van der Waals surface area (Å²) in [5.74, 6) is -2.11. The number of hydrogen-bond donors (Lipinski definition) is 1. The molecule has 0 fully saturated rings. The number of alkyl halides is 3. The normalized spacial score (nSPS) is 17.2. The fourth-order valence-corrected chi connectivity index (χ4v) is 1.14. The third kappa shape index (κ3) is 2.60. The summed E-state index contributed by atoms with van der Waals surface area (Å²) in [7, 11) is 0. The quantitative estimate of drug-likeness (QED) is 0.756. The predicted molar refractivity (Wildman–Crippen MR) is 41.3 cm³/mol. The van der Waals surface area contributed by atoms with E-state index in [1.54, 1.807) is 13.8 Å². The van der Waals surface area contributed by atoms with Crippen LogP contribution in [0.2, 0.25) is 0 Å². The van der Waals surface area contributed by atoms with Crippen molar-refractivity contribution in [2.75, 3.05) is 0 Å². The Labute approximate surface area is 74.7 Å². The highest BCUT2D eigenvalue weighted by Crippen LogP contribution is 2.42. The molecule has 0 aromatic heterocycles. The van der Waals surface area contributed by atoms with Crippen molar-refractivity contribution in [3.8, 4) is 0 Å². The van der Waals surface area contributed by atoms with Gasteiger partial charge >= 0.3 is 12.1 Å². The molecule has 1 N–H and O–H groups in total. The number of rotatable bonds is 3. The van der Waals surface area contributed by atoms with Crippen LogP contribution in [0.4, 0.5) is 13.2 Å². The van der Waals surface area contributed by atoms with Crippen molar-refractivity contribution in [1.82, 2.24) is 0 Å². The highest BCUT2D eigenvalue weighted by Gasteiger charge is 2.56. The smallest absolute Gasteiger partial charge is 0.404 e. The van der Waals surface area contributed by atoms with Crippen LogP contribution in [0.25, 0.3) is 0 Å². The molecule has 0 saturated heterocycles. The zero-order valence-electron chi connectivity index (χ0n) is 7.77. The molecule has 0 aromatic rings. The summed E-state index contributed by atoms with van der Waals surface area (Å²) in [6.45, 7) is 3.84. The molecule has 78 valence electrons. The summed E-state index contributed by atoms with van der Waals surface area (Å²) in [5, 5.41) is 8.50. The van der Waals surface area contributed by atoms with Gasteiger partial charge in [0.2, 0.25) is 0 Å². The van der Waals surface area contributed by atoms with Crippen LogP contribution in [0.15, 0.2) is 0 Å². The molecule has 13 heavy (non-hydrogen) atoms. The molecule has 0 rings (SSSR count). The maximum atomic E-state index is 12.3. The third-order valence-corrected chi connectivity index (χ3v) is 1.91. The van der Waals surface area contributed by atoms with Gasteiger partial charge in [-0.3, -0.25) is 4.79 Å². The molecule has 0 bridgehead atoms. The molecule has 5 heteroatoms. The molecule has 1 unspecified atom stereocenters. The van der Waals surface area contributed by atoms with Crippen molar-refractivity contribution in [2.24, 2.45) is 11.3 Å². The number of carboxylic acid groups (broad SMARTS) is 1. The Bertz CT molecular complexity index is 198. The zero-order valence-corrected chi connectivity index (χ0v) is 7.77. The van der Waals surface area contributed by atoms with Crippen molar-refractivity contribution < 1.29 is 23.1 Å². The van der Waals surface area contributed by atoms with Crippen molar-refractivity contribution >= 4 is 5.97 Å². The standard InChI is InChI=1S/C8H13F3O2/c1-5(2)4-7(3,6(12)13)8(9,10)11/h5H,4H2,1-3H3,(H,12,13). The minimum absolute atomic E-state index is 0.303. The first-order valence-corrected chi connectivity index (χ1v) is 3.91. The van der Waals surface area contributed by atoms with E-state index in [9.17, 15) is 18.0 Å². The van der Waals surface area contributed by atoms with E-state index < -0.39 is 24.0 Å². The Morgan fingerprint density at radius 3 is 1.85 bits per heavy atom. The Morgan fingerprint density at radius 1 is 1.38 bits per heavy atom. The van der Waals surface area contributed by atoms with E-state index in [4.69, 9.17) is 5.11 Å². The van der Waals surface area contributed by atoms with E-state index in [1.165, 1.54) is 0 Å². The Kier molecular flexibility index (Phi) is 3.35. The third-order valence-electron chi connectivity index (χ3n) is 1.91. The molecular formula is C8H13F3O2. The van der Waals surface area contributed by atoms with E-state index in [0.717, 1.165) is 6.92 Å². The molecule has 0 aromatic carbocycles. The van der Waals surface area contributed by atoms with Crippen molar-refractivity contribution in [1.29, 1.82) is 0 Å². The van der Waals surface area contributed by atoms with Gasteiger partial charge in [-0.2, -0.15) is 13.2 Å². The van der Waals surface area contributed by atoms with Gasteiger partial charge in [-0.05, 0) is 19.3 Å². The lowest BCUT2D eigenvalue weighted by Gasteiger charge is -2.28. The molecule has 0 amide bonds. The SMILES string of the molecule is CC(C)CC(C)(C(=O)O)C(F)(F)F. The number of carboxylic acids is 1. The van der Waals surface area contributed by atoms with Gasteiger partial charge in [0.05, 0.1) is 0 Å². The van der Waals surface area contributed by atoms with Crippen LogP contribution in [-0.2, 0) is 4.79 Å². The van der Waals surface area contributed by atoms with Crippen molar-refractivity contribution in [2.45, 2.75) is 33.4 Å². The molecule has 0 aliphatic carbocycles. The summed E-state index contributed by atoms with van der Waals surface area (Å²) in [6, 6.07) is 0. The summed E-state index contributed by atoms with van der Waals surface area (Å²) in [5.41, 5.74) is -2.62. The molecule has 0 aliphatic rings. The molecule has 0 spiro atoms. The van der Waals surface area contributed by atoms with Gasteiger partial charge in [0.25, 0.3) is 0 Å². The first kappa shape index (κ1) is 12.3. The summed E-state index contributed by atoms with van der Waals surface area (Å²) < 4.78 is 37.0. The first-order valence-electron chi connectivity index (χ1n) is 3.91. The summed E-state index contributed by atoms with van der Waals surface area (Å²) in [6.07, 6.45) is -5.09. The molecule has 0 saturated carbocycles. The minimum Gasteiger partial charge on any atom is -0.481 e. The van der Waals surface area contributed by atoms with E-state index in [0.29, 0.717) is 0 Å². The fourth-order valence-electron chi connectivity index (χ4n) is 1.14. The summed E-state index contributed by atoms with van der Waals surface area (Å²) >= 11 is 0. The van der Waals surface area contributed by atoms with Gasteiger partial charge < -0.3 is 5.11 Å². The van der Waals surface area contributed by atoms with E-state index in [2.05, 4.69) is 0 Å². The molecule has 2 nitrogen and oxygen atoms in total. The largest absolute Gasteiger partial charge is 0.481 e. The van der Waals surface area contributed by atoms with E-state index in [-0.39, 0.29) is 5.92 Å². The lowest BCUT2D eigenvalue weighted by atomic mass is 9.81. The lowest BCUT2D eigenvalue weighted by molar-refractivity contribution is -0.230. The van der Waals surface area contributed by atoms with Crippen LogP contribution in [0.5, 0.6) is 0 Å². The maximum absolute atomic E-state index is 12.3. The van der Waals surface area contributed by atoms with Crippen LogP contribution < -0.4 is 0 Å². The first-order chi connectivity index (χ1) is 5.61. The topological polar surface area (TPSA) is 37.3 Å². The molecule has 0 heterocycles. The second kappa shape index (κ2) is 3.55. The van der Waals surface area contributed by atoms with Gasteiger partial charge in [0.15, 0.2) is 5.41 Å². The van der Waals surface area contributed by atoms with Crippen LogP contribution >= 0.6 is 0 Å². The fraction of sp³-hybridized carbons (Fsp3) is 0.875. The van der Waals surface area contributed by atoms with Gasteiger partial charge in [-0.1, -0.05) is 13.8 Å². The lowest BCUT2D eigenvalue weighted by Crippen LogP contribution is -2.43. The van der Waals surface area contributed by atoms with Crippen molar-refractivity contribution in [3.63, 3.8) is 0 Å². The second-order valence-electron chi connectivity index (χ2n) is 3.73. The number of aliphatic carboxylic acids is 1. The Balaban J connectivity index is 4.85. The average Bonchev–Trinajstić information content (AvgIpc) is 1.82. The maximum Gasteiger partial charge on any atom is 0.404 e. The van der Waals surface area contributed by atoms with Gasteiger partial charge in [-0.15, -0.1) is 0 Å². The van der Waals surface area contributed by atoms with E-state index in [1.807, 2.05) is 0 Å². The second-order valence-corrected chi connectivity index (χ2v) is 3.73. The van der Waals surface area contributed by atoms with E-state index >= 15 is 0 Å². The van der Waals surface area contributed by atoms with Crippen LogP contribution in [0.1, 0.15) is 27.2 Å². The minimum atomic E-state index is -4.69. The van der Waals surface area contributed by atoms with Gasteiger partial charge in [0, 0.05) is 0 Å². The highest BCUT2D eigenvalue weighted by molar-refractivity contribution is 5.75. The predicted octanol–water partition coefficient (Wildman–Crippen LogP) is 2.69. The van der Waals surface area contributed by atoms with Crippen LogP contribution in [0, 0.1) is 11.3 Å². The molecular weight excluding hydrogens is 185 g/mol. The van der Waals surface area contributed by atoms with Gasteiger partial charge in [0.1, 0.15) is 0 Å². The Hall–Kier alpha value is -0.740. The number of halogens is 3. The van der Waals surface area contributed by atoms with Crippen LogP contribution in [0.3, 0.4) is 0 Å². The molecule has 0 aliphatic heterocycles. The number of carbonyl (C=O) groups is 1. The summed E-state index contributed by atoms with van der Waals surface area (Å²) in [4.78, 5) is 10.5.